The molecule has 0 bridgehead atoms. The number of aliphatic hydroxyl groups excluding tert-OH is 3. The summed E-state index contributed by atoms with van der Waals surface area (Å²) in [6.07, 6.45) is 4.35. The normalized spacial score (nSPS) is 52.7. The van der Waals surface area contributed by atoms with Gasteiger partial charge in [0, 0.05) is 0 Å². The number of hydrogen-bond acceptors (Lipinski definition) is 4. The van der Waals surface area contributed by atoms with E-state index in [9.17, 15) is 15.3 Å². The molecular weight excluding hydrogens is 328 g/mol. The Kier molecular flexibility index (Phi) is 4.07. The lowest BCUT2D eigenvalue weighted by Crippen LogP contribution is -2.55. The van der Waals surface area contributed by atoms with Crippen LogP contribution in [0.3, 0.4) is 0 Å². The molecule has 0 amide bonds. The Balaban J connectivity index is 1.66. The molecule has 26 heavy (non-hydrogen) atoms. The van der Waals surface area contributed by atoms with Crippen LogP contribution < -0.4 is 0 Å². The second kappa shape index (κ2) is 5.66. The number of ether oxygens (including phenoxy) is 1. The molecule has 8 atom stereocenters. The van der Waals surface area contributed by atoms with Crippen LogP contribution in [0.5, 0.6) is 0 Å². The van der Waals surface area contributed by atoms with Crippen LogP contribution in [0.25, 0.3) is 0 Å². The molecule has 1 saturated heterocycles. The van der Waals surface area contributed by atoms with Crippen molar-refractivity contribution >= 4 is 0 Å². The van der Waals surface area contributed by atoms with Gasteiger partial charge in [0.05, 0.1) is 0 Å². The van der Waals surface area contributed by atoms with E-state index in [2.05, 4.69) is 40.3 Å². The van der Waals surface area contributed by atoms with E-state index in [4.69, 9.17) is 4.74 Å². The molecule has 1 aliphatic heterocycles. The van der Waals surface area contributed by atoms with Gasteiger partial charge in [0.1, 0.15) is 30.0 Å². The van der Waals surface area contributed by atoms with Gasteiger partial charge in [-0.15, -0.1) is 0 Å². The third-order valence-corrected chi connectivity index (χ3v) is 8.44. The molecule has 0 aromatic rings. The fraction of sp³-hybridized carbons (Fsp3) is 0.818. The molecule has 3 N–H and O–H groups in total. The third kappa shape index (κ3) is 2.35. The molecule has 4 nitrogen and oxygen atoms in total. The smallest absolute Gasteiger partial charge is 0.127 e. The van der Waals surface area contributed by atoms with Crippen molar-refractivity contribution in [3.63, 3.8) is 0 Å². The molecule has 0 spiro atoms. The first-order valence-corrected chi connectivity index (χ1v) is 10.1. The minimum atomic E-state index is -1.12. The number of allylic oxidation sites excluding steroid dienone is 2. The van der Waals surface area contributed by atoms with Crippen LogP contribution in [0.2, 0.25) is 0 Å². The van der Waals surface area contributed by atoms with E-state index in [-0.39, 0.29) is 11.0 Å². The van der Waals surface area contributed by atoms with Crippen LogP contribution in [0, 0.1) is 22.7 Å². The first-order valence-electron chi connectivity index (χ1n) is 10.1. The van der Waals surface area contributed by atoms with Crippen molar-refractivity contribution in [3.8, 4) is 0 Å². The average Bonchev–Trinajstić information content (AvgIpc) is 3.30. The van der Waals surface area contributed by atoms with E-state index in [0.29, 0.717) is 23.7 Å². The molecule has 4 heteroatoms. The van der Waals surface area contributed by atoms with Gasteiger partial charge in [-0.25, -0.2) is 0 Å². The molecule has 146 valence electrons. The van der Waals surface area contributed by atoms with Crippen LogP contribution >= 0.6 is 0 Å². The van der Waals surface area contributed by atoms with Crippen LogP contribution in [-0.2, 0) is 4.74 Å². The van der Waals surface area contributed by atoms with Crippen molar-refractivity contribution in [2.24, 2.45) is 22.7 Å². The highest BCUT2D eigenvalue weighted by Gasteiger charge is 2.71. The SMILES string of the molecule is C=C1C(O)[C@H]2O[C@@]2(C[C@H]2C(C)=CC[C@H]3C(C)(C)CCC[C@]23C)[C@@H](O)[C@H]1O. The number of hydrogen-bond donors (Lipinski definition) is 3. The Hall–Kier alpha value is -0.680. The van der Waals surface area contributed by atoms with E-state index in [1.165, 1.54) is 24.8 Å². The number of fused-ring (bicyclic) bond motifs is 2. The summed E-state index contributed by atoms with van der Waals surface area (Å²) in [5, 5.41) is 31.5. The second-order valence-corrected chi connectivity index (χ2v) is 10.2. The van der Waals surface area contributed by atoms with Gasteiger partial charge >= 0.3 is 0 Å². The first-order chi connectivity index (χ1) is 12.0. The van der Waals surface area contributed by atoms with Gasteiger partial charge in [0.2, 0.25) is 0 Å². The zero-order valence-corrected chi connectivity index (χ0v) is 16.5. The van der Waals surface area contributed by atoms with Gasteiger partial charge in [0.15, 0.2) is 0 Å². The molecule has 3 aliphatic carbocycles. The van der Waals surface area contributed by atoms with Crippen molar-refractivity contribution in [1.82, 2.24) is 0 Å². The lowest BCUT2D eigenvalue weighted by molar-refractivity contribution is -0.0702. The molecule has 3 fully saturated rings. The van der Waals surface area contributed by atoms with Crippen LogP contribution in [0.15, 0.2) is 23.8 Å². The quantitative estimate of drug-likeness (QED) is 0.522. The highest BCUT2D eigenvalue weighted by atomic mass is 16.6. The summed E-state index contributed by atoms with van der Waals surface area (Å²) in [5.74, 6) is 0.905. The van der Waals surface area contributed by atoms with E-state index >= 15 is 0 Å². The molecule has 2 saturated carbocycles. The van der Waals surface area contributed by atoms with E-state index in [0.717, 1.165) is 6.42 Å². The summed E-state index contributed by atoms with van der Waals surface area (Å²) < 4.78 is 5.91. The van der Waals surface area contributed by atoms with Crippen molar-refractivity contribution in [1.29, 1.82) is 0 Å². The summed E-state index contributed by atoms with van der Waals surface area (Å²) >= 11 is 0. The highest BCUT2D eigenvalue weighted by Crippen LogP contribution is 2.63. The van der Waals surface area contributed by atoms with Gasteiger partial charge < -0.3 is 20.1 Å². The Labute approximate surface area is 156 Å². The van der Waals surface area contributed by atoms with Gasteiger partial charge in [0.25, 0.3) is 0 Å². The maximum atomic E-state index is 10.8. The zero-order valence-electron chi connectivity index (χ0n) is 16.5. The number of epoxide rings is 1. The molecular formula is C22H34O4. The number of aliphatic hydroxyl groups is 3. The second-order valence-electron chi connectivity index (χ2n) is 10.2. The summed E-state index contributed by atoms with van der Waals surface area (Å²) in [7, 11) is 0. The predicted molar refractivity (Wildman–Crippen MR) is 100 cm³/mol. The first kappa shape index (κ1) is 18.7. The average molecular weight is 363 g/mol. The maximum Gasteiger partial charge on any atom is 0.127 e. The largest absolute Gasteiger partial charge is 0.387 e. The Morgan fingerprint density at radius 1 is 1.15 bits per heavy atom. The molecule has 0 aromatic carbocycles. The summed E-state index contributed by atoms with van der Waals surface area (Å²) in [5.41, 5.74) is 1.27. The Bertz CT molecular complexity index is 653. The van der Waals surface area contributed by atoms with Crippen molar-refractivity contribution in [2.45, 2.75) is 89.8 Å². The summed E-state index contributed by atoms with van der Waals surface area (Å²) in [4.78, 5) is 0. The standard InChI is InChI=1S/C22H34O4/c1-12-7-8-15-20(3,4)9-6-10-21(15,5)14(12)11-22-18(25)16(23)13(2)17(24)19(22)26-22/h7,14-19,23-25H,2,6,8-11H2,1,3-5H3/t14-,15-,16-,17?,18-,19+,21+,22-/m0/s1. The lowest BCUT2D eigenvalue weighted by atomic mass is 9.47. The minimum absolute atomic E-state index is 0.163. The molecule has 4 rings (SSSR count). The number of rotatable bonds is 2. The fourth-order valence-electron chi connectivity index (χ4n) is 6.75. The molecule has 1 heterocycles. The molecule has 1 unspecified atom stereocenters. The topological polar surface area (TPSA) is 73.2 Å². The van der Waals surface area contributed by atoms with E-state index < -0.39 is 30.0 Å². The minimum Gasteiger partial charge on any atom is -0.387 e. The predicted octanol–water partition coefficient (Wildman–Crippen LogP) is 2.97. The maximum absolute atomic E-state index is 10.8. The van der Waals surface area contributed by atoms with Crippen molar-refractivity contribution in [3.05, 3.63) is 23.8 Å². The third-order valence-electron chi connectivity index (χ3n) is 8.44. The fourth-order valence-corrected chi connectivity index (χ4v) is 6.75. The van der Waals surface area contributed by atoms with E-state index in [1.807, 2.05) is 0 Å². The summed E-state index contributed by atoms with van der Waals surface area (Å²) in [6.45, 7) is 13.1. The lowest BCUT2D eigenvalue weighted by Gasteiger charge is -2.57. The van der Waals surface area contributed by atoms with Crippen LogP contribution in [0.1, 0.15) is 59.8 Å². The molecule has 4 aliphatic rings. The highest BCUT2D eigenvalue weighted by molar-refractivity contribution is 5.32. The Morgan fingerprint density at radius 3 is 2.54 bits per heavy atom. The zero-order chi connectivity index (χ0) is 19.1. The van der Waals surface area contributed by atoms with Gasteiger partial charge in [-0.2, -0.15) is 0 Å². The molecule has 0 aromatic heterocycles. The van der Waals surface area contributed by atoms with Crippen LogP contribution in [0.4, 0.5) is 0 Å². The van der Waals surface area contributed by atoms with Gasteiger partial charge in [-0.1, -0.05) is 45.4 Å². The van der Waals surface area contributed by atoms with Crippen LogP contribution in [-0.4, -0.2) is 45.3 Å². The Morgan fingerprint density at radius 2 is 1.85 bits per heavy atom. The van der Waals surface area contributed by atoms with E-state index in [1.54, 1.807) is 0 Å². The van der Waals surface area contributed by atoms with Crippen molar-refractivity contribution < 1.29 is 20.1 Å². The monoisotopic (exact) mass is 362 g/mol. The van der Waals surface area contributed by atoms with Crippen molar-refractivity contribution in [2.75, 3.05) is 0 Å². The summed E-state index contributed by atoms with van der Waals surface area (Å²) in [6, 6.07) is 0. The molecule has 0 radical (unpaired) electrons. The van der Waals surface area contributed by atoms with Gasteiger partial charge in [-0.05, 0) is 60.8 Å². The van der Waals surface area contributed by atoms with Gasteiger partial charge in [-0.3, -0.25) is 0 Å².